The van der Waals surface area contributed by atoms with Crippen LogP contribution in [0.1, 0.15) is 48.5 Å². The first-order valence-electron chi connectivity index (χ1n) is 12.1. The minimum absolute atomic E-state index is 0.392. The molecule has 14 heteroatoms. The summed E-state index contributed by atoms with van der Waals surface area (Å²) in [6.45, 7) is 7.52. The van der Waals surface area contributed by atoms with Crippen molar-refractivity contribution in [2.24, 2.45) is 11.8 Å². The molecule has 38 heavy (non-hydrogen) atoms. The largest absolute Gasteiger partial charge is 0.463 e. The molecule has 0 bridgehead atoms. The van der Waals surface area contributed by atoms with Gasteiger partial charge in [0.2, 0.25) is 6.29 Å². The van der Waals surface area contributed by atoms with Crippen LogP contribution in [0.2, 0.25) is 0 Å². The van der Waals surface area contributed by atoms with Crippen molar-refractivity contribution in [3.63, 3.8) is 0 Å². The minimum Gasteiger partial charge on any atom is -0.463 e. The molecule has 0 aliphatic carbocycles. The molecule has 0 radical (unpaired) electrons. The lowest BCUT2D eigenvalue weighted by molar-refractivity contribution is -0.365. The van der Waals surface area contributed by atoms with Gasteiger partial charge in [-0.1, -0.05) is 13.8 Å². The second-order valence-electron chi connectivity index (χ2n) is 9.19. The van der Waals surface area contributed by atoms with E-state index in [0.717, 1.165) is 34.6 Å². The number of halogens is 1. The number of carbonyl (C=O) groups excluding carboxylic acids is 5. The molecule has 2 aliphatic rings. The van der Waals surface area contributed by atoms with Crippen LogP contribution in [0.4, 0.5) is 4.39 Å². The Labute approximate surface area is 219 Å². The van der Waals surface area contributed by atoms with E-state index in [2.05, 4.69) is 0 Å². The van der Waals surface area contributed by atoms with Crippen LogP contribution in [0.15, 0.2) is 0 Å². The fourth-order valence-electron chi connectivity index (χ4n) is 4.37. The van der Waals surface area contributed by atoms with Gasteiger partial charge in [0, 0.05) is 46.5 Å². The van der Waals surface area contributed by atoms with Crippen molar-refractivity contribution in [3.05, 3.63) is 0 Å². The quantitative estimate of drug-likeness (QED) is 0.296. The Morgan fingerprint density at radius 1 is 0.605 bits per heavy atom. The van der Waals surface area contributed by atoms with Gasteiger partial charge in [-0.3, -0.25) is 24.0 Å². The SMILES string of the molecule is CC(=O)OC[C@H]1O[C@H](O[C@H]2OC(CF)[C@@H](C)[C@H](OC(C)=O)C2OC(C)=O)C(C)C(OC(C)=O)[C@@H]1OC(C)=O. The fourth-order valence-corrected chi connectivity index (χ4v) is 4.37. The van der Waals surface area contributed by atoms with Gasteiger partial charge in [-0.15, -0.1) is 0 Å². The van der Waals surface area contributed by atoms with Gasteiger partial charge >= 0.3 is 29.8 Å². The van der Waals surface area contributed by atoms with Crippen LogP contribution in [0.25, 0.3) is 0 Å². The van der Waals surface area contributed by atoms with E-state index < -0.39 is 104 Å². The molecule has 10 atom stereocenters. The molecular formula is C24H35FO13. The maximum atomic E-state index is 13.9. The number of hydrogen-bond donors (Lipinski definition) is 0. The van der Waals surface area contributed by atoms with E-state index in [4.69, 9.17) is 37.9 Å². The van der Waals surface area contributed by atoms with Crippen molar-refractivity contribution in [1.82, 2.24) is 0 Å². The third kappa shape index (κ3) is 8.33. The minimum atomic E-state index is -1.48. The van der Waals surface area contributed by atoms with E-state index >= 15 is 0 Å². The van der Waals surface area contributed by atoms with Gasteiger partial charge < -0.3 is 37.9 Å². The zero-order chi connectivity index (χ0) is 28.7. The molecule has 0 aromatic rings. The van der Waals surface area contributed by atoms with Crippen LogP contribution < -0.4 is 0 Å². The van der Waals surface area contributed by atoms with E-state index in [1.165, 1.54) is 0 Å². The molecule has 0 spiro atoms. The van der Waals surface area contributed by atoms with Crippen LogP contribution in [-0.2, 0) is 61.9 Å². The molecule has 4 unspecified atom stereocenters. The Morgan fingerprint density at radius 2 is 1.05 bits per heavy atom. The van der Waals surface area contributed by atoms with Crippen molar-refractivity contribution < 1.29 is 66.3 Å². The van der Waals surface area contributed by atoms with Crippen molar-refractivity contribution in [2.45, 2.75) is 97.7 Å². The summed E-state index contributed by atoms with van der Waals surface area (Å²) in [4.78, 5) is 58.8. The van der Waals surface area contributed by atoms with Gasteiger partial charge in [-0.25, -0.2) is 4.39 Å². The molecule has 2 fully saturated rings. The van der Waals surface area contributed by atoms with Crippen molar-refractivity contribution in [1.29, 1.82) is 0 Å². The topological polar surface area (TPSA) is 159 Å². The molecular weight excluding hydrogens is 515 g/mol. The molecule has 2 heterocycles. The zero-order valence-electron chi connectivity index (χ0n) is 22.4. The van der Waals surface area contributed by atoms with Crippen LogP contribution in [-0.4, -0.2) is 92.3 Å². The maximum absolute atomic E-state index is 13.9. The highest BCUT2D eigenvalue weighted by atomic mass is 19.1. The lowest BCUT2D eigenvalue weighted by atomic mass is 9.90. The van der Waals surface area contributed by atoms with Gasteiger partial charge in [-0.2, -0.15) is 0 Å². The summed E-state index contributed by atoms with van der Waals surface area (Å²) in [7, 11) is 0. The molecule has 13 nitrogen and oxygen atoms in total. The molecule has 2 saturated heterocycles. The van der Waals surface area contributed by atoms with E-state index in [-0.39, 0.29) is 0 Å². The Hall–Kier alpha value is -2.84. The maximum Gasteiger partial charge on any atom is 0.303 e. The van der Waals surface area contributed by atoms with Crippen molar-refractivity contribution in [3.8, 4) is 0 Å². The highest BCUT2D eigenvalue weighted by molar-refractivity contribution is 5.68. The van der Waals surface area contributed by atoms with Crippen molar-refractivity contribution in [2.75, 3.05) is 13.3 Å². The lowest BCUT2D eigenvalue weighted by Gasteiger charge is -2.47. The average Bonchev–Trinajstić information content (AvgIpc) is 2.79. The molecule has 2 rings (SSSR count). The van der Waals surface area contributed by atoms with Gasteiger partial charge in [0.15, 0.2) is 18.5 Å². The van der Waals surface area contributed by atoms with Crippen molar-refractivity contribution >= 4 is 29.8 Å². The summed E-state index contributed by atoms with van der Waals surface area (Å²) < 4.78 is 58.1. The van der Waals surface area contributed by atoms with E-state index in [9.17, 15) is 28.4 Å². The van der Waals surface area contributed by atoms with Crippen LogP contribution in [0.3, 0.4) is 0 Å². The summed E-state index contributed by atoms with van der Waals surface area (Å²) in [6, 6.07) is 0. The number of carbonyl (C=O) groups is 5. The molecule has 0 N–H and O–H groups in total. The van der Waals surface area contributed by atoms with E-state index in [0.29, 0.717) is 0 Å². The summed E-state index contributed by atoms with van der Waals surface area (Å²) in [6.07, 6.45) is -9.73. The Balaban J connectivity index is 2.43. The Bertz CT molecular complexity index is 879. The predicted molar refractivity (Wildman–Crippen MR) is 122 cm³/mol. The Kier molecular flexibility index (Phi) is 11.4. The number of rotatable bonds is 9. The lowest BCUT2D eigenvalue weighted by Crippen LogP contribution is -2.62. The molecule has 0 aromatic carbocycles. The molecule has 216 valence electrons. The first-order valence-corrected chi connectivity index (χ1v) is 12.1. The predicted octanol–water partition coefficient (Wildman–Crippen LogP) is 0.984. The highest BCUT2D eigenvalue weighted by Gasteiger charge is 2.53. The number of alkyl halides is 1. The molecule has 0 saturated carbocycles. The Morgan fingerprint density at radius 3 is 1.53 bits per heavy atom. The molecule has 2 aliphatic heterocycles. The normalized spacial score (nSPS) is 34.9. The monoisotopic (exact) mass is 550 g/mol. The first-order chi connectivity index (χ1) is 17.7. The zero-order valence-corrected chi connectivity index (χ0v) is 22.4. The number of ether oxygens (including phenoxy) is 8. The smallest absolute Gasteiger partial charge is 0.303 e. The third-order valence-electron chi connectivity index (χ3n) is 6.03. The summed E-state index contributed by atoms with van der Waals surface area (Å²) in [5.41, 5.74) is 0. The van der Waals surface area contributed by atoms with Gasteiger partial charge in [-0.05, 0) is 0 Å². The molecule has 0 amide bonds. The third-order valence-corrected chi connectivity index (χ3v) is 6.03. The first kappa shape index (κ1) is 31.4. The van der Waals surface area contributed by atoms with Crippen LogP contribution in [0, 0.1) is 11.8 Å². The average molecular weight is 551 g/mol. The number of esters is 5. The van der Waals surface area contributed by atoms with E-state index in [1.54, 1.807) is 13.8 Å². The van der Waals surface area contributed by atoms with Gasteiger partial charge in [0.25, 0.3) is 0 Å². The van der Waals surface area contributed by atoms with Crippen LogP contribution >= 0.6 is 0 Å². The second kappa shape index (κ2) is 13.8. The molecule has 0 aromatic heterocycles. The highest BCUT2D eigenvalue weighted by Crippen LogP contribution is 2.36. The fraction of sp³-hybridized carbons (Fsp3) is 0.792. The summed E-state index contributed by atoms with van der Waals surface area (Å²) >= 11 is 0. The number of hydrogen-bond acceptors (Lipinski definition) is 13. The summed E-state index contributed by atoms with van der Waals surface area (Å²) in [5.74, 6) is -5.02. The van der Waals surface area contributed by atoms with Crippen LogP contribution in [0.5, 0.6) is 0 Å². The summed E-state index contributed by atoms with van der Waals surface area (Å²) in [5, 5.41) is 0. The second-order valence-corrected chi connectivity index (χ2v) is 9.19. The standard InChI is InChI=1S/C24H35FO13/c1-10-17(8-25)36-24(22(35-16(7)30)19(10)32-13(4)27)38-23-11(2)20(33-14(5)28)21(34-15(6)29)18(37-23)9-31-12(3)26/h10-11,17-24H,8-9H2,1-7H3/t10-,11?,17?,18-,19+,20?,21-,22?,23-,24-/m1/s1. The van der Waals surface area contributed by atoms with Gasteiger partial charge in [0.05, 0.1) is 6.10 Å². The van der Waals surface area contributed by atoms with Gasteiger partial charge in [0.1, 0.15) is 31.6 Å². The van der Waals surface area contributed by atoms with E-state index in [1.807, 2.05) is 0 Å².